The van der Waals surface area contributed by atoms with Gasteiger partial charge in [0.15, 0.2) is 0 Å². The number of aliphatic carboxylic acids is 2. The van der Waals surface area contributed by atoms with Crippen molar-refractivity contribution in [3.8, 4) is 0 Å². The second-order valence-corrected chi connectivity index (χ2v) is 8.65. The quantitative estimate of drug-likeness (QED) is 0.169. The molecule has 0 atom stereocenters. The third kappa shape index (κ3) is 21.1. The van der Waals surface area contributed by atoms with Crippen LogP contribution in [0.1, 0.15) is 90.9 Å². The number of unbranched alkanes of at least 4 members (excludes halogenated alkanes) is 2. The number of hydrogen-bond donors (Lipinski definition) is 2. The zero-order valence-corrected chi connectivity index (χ0v) is 21.0. The Labute approximate surface area is 200 Å². The summed E-state index contributed by atoms with van der Waals surface area (Å²) in [5.41, 5.74) is -0.197. The Morgan fingerprint density at radius 2 is 0.909 bits per heavy atom. The van der Waals surface area contributed by atoms with Crippen molar-refractivity contribution < 1.29 is 38.7 Å². The monoisotopic (exact) mass is 476 g/mol. The Morgan fingerprint density at radius 3 is 1.24 bits per heavy atom. The topological polar surface area (TPSA) is 112 Å². The maximum atomic E-state index is 11.0. The maximum absolute atomic E-state index is 11.0. The number of ether oxygens (including phenoxy) is 4. The molecule has 0 aliphatic carbocycles. The molecule has 0 amide bonds. The summed E-state index contributed by atoms with van der Waals surface area (Å²) in [5.74, 6) is -1.62. The highest BCUT2D eigenvalue weighted by atomic mass is 16.5. The average Bonchev–Trinajstić information content (AvgIpc) is 2.77. The zero-order chi connectivity index (χ0) is 24.6. The lowest BCUT2D eigenvalue weighted by atomic mass is 9.73. The second-order valence-electron chi connectivity index (χ2n) is 8.65. The van der Waals surface area contributed by atoms with E-state index in [0.717, 1.165) is 51.7 Å². The highest BCUT2D eigenvalue weighted by Crippen LogP contribution is 2.38. The van der Waals surface area contributed by atoms with E-state index < -0.39 is 11.9 Å². The van der Waals surface area contributed by atoms with Crippen molar-refractivity contribution in [2.75, 3.05) is 52.9 Å². The van der Waals surface area contributed by atoms with Crippen LogP contribution >= 0.6 is 0 Å². The Morgan fingerprint density at radius 1 is 0.545 bits per heavy atom. The van der Waals surface area contributed by atoms with Crippen LogP contribution in [-0.2, 0) is 28.5 Å². The van der Waals surface area contributed by atoms with Crippen molar-refractivity contribution >= 4 is 11.9 Å². The first-order valence-electron chi connectivity index (χ1n) is 12.7. The molecule has 8 heteroatoms. The predicted octanol–water partition coefficient (Wildman–Crippen LogP) is 4.93. The van der Waals surface area contributed by atoms with Crippen molar-refractivity contribution in [1.82, 2.24) is 0 Å². The predicted molar refractivity (Wildman–Crippen MR) is 128 cm³/mol. The lowest BCUT2D eigenvalue weighted by Crippen LogP contribution is -2.27. The van der Waals surface area contributed by atoms with Gasteiger partial charge in [0.2, 0.25) is 0 Å². The van der Waals surface area contributed by atoms with Gasteiger partial charge in [0.25, 0.3) is 0 Å². The standard InChI is InChI=1S/C25H48O8/c1-3-5-15-30-19-21-32-17-13-25(11-7-9-23(26)27,12-8-10-24(28)29)14-18-33-22-20-31-16-6-4-2/h3-22H2,1-2H3,(H,26,27)(H,28,29). The fourth-order valence-electron chi connectivity index (χ4n) is 3.69. The van der Waals surface area contributed by atoms with Crippen molar-refractivity contribution in [2.45, 2.75) is 90.9 Å². The summed E-state index contributed by atoms with van der Waals surface area (Å²) in [4.78, 5) is 22.1. The van der Waals surface area contributed by atoms with Crippen LogP contribution in [0.15, 0.2) is 0 Å². The molecule has 0 aliphatic rings. The van der Waals surface area contributed by atoms with E-state index in [0.29, 0.717) is 65.3 Å². The van der Waals surface area contributed by atoms with E-state index in [1.807, 2.05) is 0 Å². The summed E-state index contributed by atoms with van der Waals surface area (Å²) in [6, 6.07) is 0. The van der Waals surface area contributed by atoms with E-state index >= 15 is 0 Å². The summed E-state index contributed by atoms with van der Waals surface area (Å²) in [6.45, 7) is 8.98. The molecule has 0 radical (unpaired) electrons. The minimum Gasteiger partial charge on any atom is -0.481 e. The molecule has 0 aliphatic heterocycles. The first kappa shape index (κ1) is 31.8. The molecule has 0 saturated heterocycles. The molecule has 33 heavy (non-hydrogen) atoms. The van der Waals surface area contributed by atoms with E-state index in [-0.39, 0.29) is 18.3 Å². The van der Waals surface area contributed by atoms with Crippen LogP contribution in [0, 0.1) is 5.41 Å². The van der Waals surface area contributed by atoms with E-state index in [1.54, 1.807) is 0 Å². The van der Waals surface area contributed by atoms with Crippen LogP contribution in [0.5, 0.6) is 0 Å². The number of rotatable bonds is 26. The Balaban J connectivity index is 4.68. The number of carbonyl (C=O) groups is 2. The highest BCUT2D eigenvalue weighted by Gasteiger charge is 2.29. The lowest BCUT2D eigenvalue weighted by Gasteiger charge is -2.34. The molecule has 0 heterocycles. The van der Waals surface area contributed by atoms with Crippen LogP contribution in [0.25, 0.3) is 0 Å². The average molecular weight is 477 g/mol. The van der Waals surface area contributed by atoms with Gasteiger partial charge in [-0.25, -0.2) is 0 Å². The van der Waals surface area contributed by atoms with Crippen LogP contribution in [-0.4, -0.2) is 75.0 Å². The molecule has 0 unspecified atom stereocenters. The van der Waals surface area contributed by atoms with Crippen LogP contribution < -0.4 is 0 Å². The Hall–Kier alpha value is -1.22. The van der Waals surface area contributed by atoms with Crippen LogP contribution in [0.2, 0.25) is 0 Å². The first-order chi connectivity index (χ1) is 16.0. The molecule has 0 saturated carbocycles. The maximum Gasteiger partial charge on any atom is 0.303 e. The van der Waals surface area contributed by atoms with E-state index in [1.165, 1.54) is 0 Å². The van der Waals surface area contributed by atoms with E-state index in [2.05, 4.69) is 13.8 Å². The van der Waals surface area contributed by atoms with Gasteiger partial charge in [0, 0.05) is 39.3 Å². The number of carboxylic acids is 2. The first-order valence-corrected chi connectivity index (χ1v) is 12.7. The third-order valence-corrected chi connectivity index (χ3v) is 5.78. The molecule has 0 aromatic carbocycles. The van der Waals surface area contributed by atoms with E-state index in [9.17, 15) is 9.59 Å². The van der Waals surface area contributed by atoms with Crippen LogP contribution in [0.3, 0.4) is 0 Å². The molecular formula is C25H48O8. The van der Waals surface area contributed by atoms with Gasteiger partial charge in [0.05, 0.1) is 26.4 Å². The largest absolute Gasteiger partial charge is 0.481 e. The summed E-state index contributed by atoms with van der Waals surface area (Å²) >= 11 is 0. The molecule has 0 aromatic rings. The van der Waals surface area contributed by atoms with Gasteiger partial charge >= 0.3 is 11.9 Å². The molecule has 0 aromatic heterocycles. The minimum atomic E-state index is -0.810. The van der Waals surface area contributed by atoms with Crippen molar-refractivity contribution in [1.29, 1.82) is 0 Å². The molecule has 8 nitrogen and oxygen atoms in total. The smallest absolute Gasteiger partial charge is 0.303 e. The van der Waals surface area contributed by atoms with Gasteiger partial charge < -0.3 is 29.2 Å². The highest BCUT2D eigenvalue weighted by molar-refractivity contribution is 5.66. The summed E-state index contributed by atoms with van der Waals surface area (Å²) in [5, 5.41) is 18.1. The fourth-order valence-corrected chi connectivity index (χ4v) is 3.69. The summed E-state index contributed by atoms with van der Waals surface area (Å²) in [6.07, 6.45) is 8.54. The third-order valence-electron chi connectivity index (χ3n) is 5.78. The van der Waals surface area contributed by atoms with Crippen LogP contribution in [0.4, 0.5) is 0 Å². The van der Waals surface area contributed by atoms with Gasteiger partial charge in [0.1, 0.15) is 0 Å². The molecule has 0 spiro atoms. The molecule has 196 valence electrons. The molecule has 0 rings (SSSR count). The lowest BCUT2D eigenvalue weighted by molar-refractivity contribution is -0.138. The van der Waals surface area contributed by atoms with Gasteiger partial charge in [-0.1, -0.05) is 26.7 Å². The van der Waals surface area contributed by atoms with Crippen molar-refractivity contribution in [3.05, 3.63) is 0 Å². The van der Waals surface area contributed by atoms with E-state index in [4.69, 9.17) is 29.2 Å². The number of hydrogen-bond acceptors (Lipinski definition) is 6. The second kappa shape index (κ2) is 22.6. The Bertz CT molecular complexity index is 427. The van der Waals surface area contributed by atoms with Gasteiger partial charge in [-0.2, -0.15) is 0 Å². The fraction of sp³-hybridized carbons (Fsp3) is 0.920. The van der Waals surface area contributed by atoms with Gasteiger partial charge in [-0.3, -0.25) is 9.59 Å². The summed E-state index contributed by atoms with van der Waals surface area (Å²) in [7, 11) is 0. The molecule has 2 N–H and O–H groups in total. The SMILES string of the molecule is CCCCOCCOCCC(CCCC(=O)O)(CCCC(=O)O)CCOCCOCCCC. The molecular weight excluding hydrogens is 428 g/mol. The molecule has 0 bridgehead atoms. The van der Waals surface area contributed by atoms with Crippen molar-refractivity contribution in [2.24, 2.45) is 5.41 Å². The van der Waals surface area contributed by atoms with Crippen molar-refractivity contribution in [3.63, 3.8) is 0 Å². The van der Waals surface area contributed by atoms with Gasteiger partial charge in [-0.05, 0) is 56.8 Å². The van der Waals surface area contributed by atoms with Gasteiger partial charge in [-0.15, -0.1) is 0 Å². The molecule has 0 fully saturated rings. The Kier molecular flexibility index (Phi) is 21.7. The normalized spacial score (nSPS) is 11.7. The number of carboxylic acid groups (broad SMARTS) is 2. The summed E-state index contributed by atoms with van der Waals surface area (Å²) < 4.78 is 22.6. The minimum absolute atomic E-state index is 0.110. The zero-order valence-electron chi connectivity index (χ0n) is 21.0.